The van der Waals surface area contributed by atoms with Gasteiger partial charge in [0.25, 0.3) is 0 Å². The van der Waals surface area contributed by atoms with Gasteiger partial charge in [0.2, 0.25) is 5.95 Å². The second-order valence-corrected chi connectivity index (χ2v) is 11.4. The van der Waals surface area contributed by atoms with E-state index in [0.717, 1.165) is 29.2 Å². The Bertz CT molecular complexity index is 1160. The van der Waals surface area contributed by atoms with Gasteiger partial charge in [0, 0.05) is 33.9 Å². The van der Waals surface area contributed by atoms with E-state index in [-0.39, 0.29) is 11.0 Å². The standard InChI is InChI=1S/C25H31N7OS/c1-24(7-8-24)21-30-31-23(32(21)25(2)9-10-25)33-15-16-11-17(12-16)18-13-27-22(28-14-18)29-19-3-5-20(34-26)6-4-19/h3-6,13-14,16-17H,7-12,15,26H2,1-2H3,(H,27,28,29). The average molecular weight is 478 g/mol. The van der Waals surface area contributed by atoms with Crippen molar-refractivity contribution in [1.29, 1.82) is 0 Å². The molecule has 0 unspecified atom stereocenters. The van der Waals surface area contributed by atoms with Crippen molar-refractivity contribution in [2.75, 3.05) is 11.9 Å². The Kier molecular flexibility index (Phi) is 5.29. The zero-order valence-corrected chi connectivity index (χ0v) is 20.5. The third-order valence-electron chi connectivity index (χ3n) is 7.76. The van der Waals surface area contributed by atoms with Crippen molar-refractivity contribution in [2.24, 2.45) is 11.1 Å². The summed E-state index contributed by atoms with van der Waals surface area (Å²) in [6, 6.07) is 8.60. The molecule has 178 valence electrons. The molecule has 0 atom stereocenters. The summed E-state index contributed by atoms with van der Waals surface area (Å²) in [7, 11) is 0. The monoisotopic (exact) mass is 477 g/mol. The van der Waals surface area contributed by atoms with Gasteiger partial charge in [-0.1, -0.05) is 12.0 Å². The van der Waals surface area contributed by atoms with E-state index >= 15 is 0 Å². The van der Waals surface area contributed by atoms with E-state index in [0.29, 0.717) is 30.4 Å². The minimum atomic E-state index is 0.139. The summed E-state index contributed by atoms with van der Waals surface area (Å²) in [6.07, 6.45) is 10.8. The number of nitrogens with zero attached hydrogens (tertiary/aromatic N) is 5. The number of nitrogens with one attached hydrogen (secondary N) is 1. The van der Waals surface area contributed by atoms with E-state index in [9.17, 15) is 0 Å². The Hall–Kier alpha value is -2.65. The summed E-state index contributed by atoms with van der Waals surface area (Å²) in [4.78, 5) is 10.0. The predicted molar refractivity (Wildman–Crippen MR) is 132 cm³/mol. The first-order valence-electron chi connectivity index (χ1n) is 12.1. The van der Waals surface area contributed by atoms with Gasteiger partial charge in [0.1, 0.15) is 5.82 Å². The lowest BCUT2D eigenvalue weighted by Gasteiger charge is -2.35. The number of anilines is 2. The summed E-state index contributed by atoms with van der Waals surface area (Å²) < 4.78 is 8.54. The smallest absolute Gasteiger partial charge is 0.317 e. The quantitative estimate of drug-likeness (QED) is 0.419. The maximum absolute atomic E-state index is 6.24. The molecular weight excluding hydrogens is 446 g/mol. The van der Waals surface area contributed by atoms with E-state index in [1.165, 1.54) is 43.2 Å². The summed E-state index contributed by atoms with van der Waals surface area (Å²) >= 11 is 1.23. The van der Waals surface area contributed by atoms with Gasteiger partial charge in [0.05, 0.1) is 6.61 Å². The highest BCUT2D eigenvalue weighted by molar-refractivity contribution is 7.97. The molecule has 3 saturated carbocycles. The van der Waals surface area contributed by atoms with Gasteiger partial charge < -0.3 is 10.1 Å². The molecule has 0 spiro atoms. The third-order valence-corrected chi connectivity index (χ3v) is 8.30. The number of aromatic nitrogens is 5. The second kappa shape index (κ2) is 8.23. The lowest BCUT2D eigenvalue weighted by molar-refractivity contribution is 0.141. The summed E-state index contributed by atoms with van der Waals surface area (Å²) in [5.74, 6) is 2.74. The molecule has 0 bridgehead atoms. The topological polar surface area (TPSA) is 104 Å². The van der Waals surface area contributed by atoms with Gasteiger partial charge in [-0.05, 0) is 99.1 Å². The molecule has 3 aliphatic carbocycles. The summed E-state index contributed by atoms with van der Waals surface area (Å²) in [5.41, 5.74) is 2.46. The maximum atomic E-state index is 6.24. The van der Waals surface area contributed by atoms with Crippen molar-refractivity contribution in [3.05, 3.63) is 48.0 Å². The van der Waals surface area contributed by atoms with Crippen LogP contribution < -0.4 is 15.2 Å². The van der Waals surface area contributed by atoms with Gasteiger partial charge in [0.15, 0.2) is 0 Å². The number of hydrogen-bond acceptors (Lipinski definition) is 8. The van der Waals surface area contributed by atoms with Crippen LogP contribution in [0.4, 0.5) is 11.6 Å². The third kappa shape index (κ3) is 4.15. The number of ether oxygens (including phenoxy) is 1. The molecule has 2 heterocycles. The zero-order valence-electron chi connectivity index (χ0n) is 19.7. The average Bonchev–Trinajstić information content (AvgIpc) is 3.71. The van der Waals surface area contributed by atoms with Crippen LogP contribution in [-0.2, 0) is 11.0 Å². The molecule has 0 aliphatic heterocycles. The van der Waals surface area contributed by atoms with Crippen LogP contribution in [0.15, 0.2) is 41.6 Å². The highest BCUT2D eigenvalue weighted by Gasteiger charge is 2.51. The summed E-state index contributed by atoms with van der Waals surface area (Å²) in [5, 5.41) is 17.8. The molecule has 1 aromatic carbocycles. The first-order chi connectivity index (χ1) is 16.5. The van der Waals surface area contributed by atoms with Crippen LogP contribution in [0.2, 0.25) is 0 Å². The van der Waals surface area contributed by atoms with E-state index in [1.54, 1.807) is 0 Å². The van der Waals surface area contributed by atoms with Crippen molar-refractivity contribution in [1.82, 2.24) is 24.7 Å². The minimum absolute atomic E-state index is 0.139. The van der Waals surface area contributed by atoms with E-state index < -0.39 is 0 Å². The Balaban J connectivity index is 1.03. The number of benzene rings is 1. The highest BCUT2D eigenvalue weighted by Crippen LogP contribution is 2.53. The molecule has 9 heteroatoms. The Morgan fingerprint density at radius 1 is 1.06 bits per heavy atom. The number of rotatable bonds is 9. The van der Waals surface area contributed by atoms with E-state index in [2.05, 4.69) is 43.9 Å². The van der Waals surface area contributed by atoms with Crippen LogP contribution in [0.25, 0.3) is 0 Å². The van der Waals surface area contributed by atoms with Gasteiger partial charge in [-0.3, -0.25) is 9.71 Å². The molecule has 3 N–H and O–H groups in total. The van der Waals surface area contributed by atoms with Gasteiger partial charge in [-0.15, -0.1) is 5.10 Å². The molecule has 3 fully saturated rings. The zero-order chi connectivity index (χ0) is 23.3. The Morgan fingerprint density at radius 2 is 1.76 bits per heavy atom. The lowest BCUT2D eigenvalue weighted by Crippen LogP contribution is -2.29. The second-order valence-electron chi connectivity index (χ2n) is 10.7. The maximum Gasteiger partial charge on any atom is 0.317 e. The van der Waals surface area contributed by atoms with Crippen molar-refractivity contribution in [3.8, 4) is 6.01 Å². The van der Waals surface area contributed by atoms with Crippen molar-refractivity contribution in [3.63, 3.8) is 0 Å². The van der Waals surface area contributed by atoms with Crippen LogP contribution >= 0.6 is 11.9 Å². The molecule has 8 nitrogen and oxygen atoms in total. The van der Waals surface area contributed by atoms with Crippen LogP contribution in [0.3, 0.4) is 0 Å². The molecule has 6 rings (SSSR count). The minimum Gasteiger partial charge on any atom is -0.463 e. The van der Waals surface area contributed by atoms with Crippen molar-refractivity contribution < 1.29 is 4.74 Å². The van der Waals surface area contributed by atoms with E-state index in [1.807, 2.05) is 36.7 Å². The molecule has 34 heavy (non-hydrogen) atoms. The SMILES string of the molecule is CC1(c2nnc(OCC3CC(c4cnc(Nc5ccc(SN)cc5)nc4)C3)n2C2(C)CC2)CC1. The van der Waals surface area contributed by atoms with Crippen LogP contribution in [0.5, 0.6) is 6.01 Å². The van der Waals surface area contributed by atoms with Crippen molar-refractivity contribution >= 4 is 23.6 Å². The molecule has 0 amide bonds. The Morgan fingerprint density at radius 3 is 2.38 bits per heavy atom. The number of hydrogen-bond donors (Lipinski definition) is 2. The molecule has 3 aromatic rings. The van der Waals surface area contributed by atoms with Gasteiger partial charge in [-0.2, -0.15) is 0 Å². The van der Waals surface area contributed by atoms with Crippen molar-refractivity contribution in [2.45, 2.75) is 74.1 Å². The van der Waals surface area contributed by atoms with Crippen LogP contribution in [-0.4, -0.2) is 31.3 Å². The normalized spacial score (nSPS) is 23.7. The molecule has 0 radical (unpaired) electrons. The van der Waals surface area contributed by atoms with Crippen LogP contribution in [0, 0.1) is 5.92 Å². The van der Waals surface area contributed by atoms with Gasteiger partial charge >= 0.3 is 6.01 Å². The largest absolute Gasteiger partial charge is 0.463 e. The summed E-state index contributed by atoms with van der Waals surface area (Å²) in [6.45, 7) is 5.28. The molecule has 0 saturated heterocycles. The molecular formula is C25H31N7OS. The highest BCUT2D eigenvalue weighted by atomic mass is 32.2. The van der Waals surface area contributed by atoms with Crippen LogP contribution in [0.1, 0.15) is 69.7 Å². The first-order valence-corrected chi connectivity index (χ1v) is 13.0. The Labute approximate surface area is 204 Å². The fourth-order valence-electron chi connectivity index (χ4n) is 4.75. The van der Waals surface area contributed by atoms with E-state index in [4.69, 9.17) is 9.88 Å². The molecule has 3 aliphatic rings. The van der Waals surface area contributed by atoms with Gasteiger partial charge in [-0.25, -0.2) is 9.97 Å². The predicted octanol–water partition coefficient (Wildman–Crippen LogP) is 4.91. The lowest BCUT2D eigenvalue weighted by atomic mass is 9.72. The fraction of sp³-hybridized carbons (Fsp3) is 0.520. The number of nitrogens with two attached hydrogens (primary N) is 1. The first kappa shape index (κ1) is 21.9. The molecule has 2 aromatic heterocycles. The fourth-order valence-corrected chi connectivity index (χ4v) is 5.05.